The van der Waals surface area contributed by atoms with Gasteiger partial charge >= 0.3 is 0 Å². The zero-order valence-electron chi connectivity index (χ0n) is 11.1. The molecule has 18 heavy (non-hydrogen) atoms. The highest BCUT2D eigenvalue weighted by molar-refractivity contribution is 6.06. The van der Waals surface area contributed by atoms with Gasteiger partial charge in [0.1, 0.15) is 5.41 Å². The van der Waals surface area contributed by atoms with Gasteiger partial charge in [-0.15, -0.1) is 0 Å². The molecule has 0 spiro atoms. The van der Waals surface area contributed by atoms with Gasteiger partial charge in [-0.25, -0.2) is 0 Å². The number of hydrogen-bond acceptors (Lipinski definition) is 4. The lowest BCUT2D eigenvalue weighted by Crippen LogP contribution is -2.55. The molecule has 0 aromatic rings. The van der Waals surface area contributed by atoms with Crippen LogP contribution in [0.2, 0.25) is 0 Å². The van der Waals surface area contributed by atoms with E-state index in [0.717, 1.165) is 19.3 Å². The third kappa shape index (κ3) is 2.58. The van der Waals surface area contributed by atoms with E-state index in [1.165, 1.54) is 0 Å². The standard InChI is InChI=1S/C12H23N3O3/c1-3-12(2,10(13)14-18)11(17)15-7-5-4-6-9(15)8-16/h9,16,18H,3-8H2,1-2H3,(H2,13,14). The molecule has 0 aliphatic carbocycles. The Morgan fingerprint density at radius 2 is 2.22 bits per heavy atom. The van der Waals surface area contributed by atoms with Crippen LogP contribution in [0.15, 0.2) is 5.16 Å². The molecule has 0 bridgehead atoms. The number of aliphatic hydroxyl groups is 1. The molecular weight excluding hydrogens is 234 g/mol. The lowest BCUT2D eigenvalue weighted by Gasteiger charge is -2.40. The Hall–Kier alpha value is -1.30. The summed E-state index contributed by atoms with van der Waals surface area (Å²) in [5.41, 5.74) is 4.65. The Morgan fingerprint density at radius 3 is 2.72 bits per heavy atom. The Kier molecular flexibility index (Phi) is 4.95. The number of piperidine rings is 1. The van der Waals surface area contributed by atoms with Crippen LogP contribution in [0.25, 0.3) is 0 Å². The van der Waals surface area contributed by atoms with Crippen molar-refractivity contribution in [2.24, 2.45) is 16.3 Å². The van der Waals surface area contributed by atoms with E-state index in [1.807, 2.05) is 6.92 Å². The summed E-state index contributed by atoms with van der Waals surface area (Å²) in [7, 11) is 0. The molecule has 1 saturated heterocycles. The van der Waals surface area contributed by atoms with Crippen LogP contribution in [0.4, 0.5) is 0 Å². The van der Waals surface area contributed by atoms with Crippen LogP contribution in [-0.2, 0) is 4.79 Å². The SMILES string of the molecule is CCC(C)(C(=O)N1CCCCC1CO)C(N)=NO. The van der Waals surface area contributed by atoms with Gasteiger partial charge in [-0.1, -0.05) is 12.1 Å². The summed E-state index contributed by atoms with van der Waals surface area (Å²) in [6.45, 7) is 4.08. The molecule has 6 nitrogen and oxygen atoms in total. The molecule has 1 heterocycles. The minimum atomic E-state index is -1.00. The van der Waals surface area contributed by atoms with Gasteiger partial charge in [-0.05, 0) is 32.6 Å². The van der Waals surface area contributed by atoms with E-state index >= 15 is 0 Å². The first-order chi connectivity index (χ1) is 8.51. The van der Waals surface area contributed by atoms with Gasteiger partial charge in [0.05, 0.1) is 12.6 Å². The van der Waals surface area contributed by atoms with Crippen molar-refractivity contribution in [3.05, 3.63) is 0 Å². The zero-order valence-corrected chi connectivity index (χ0v) is 11.1. The first-order valence-electron chi connectivity index (χ1n) is 6.41. The maximum atomic E-state index is 12.6. The lowest BCUT2D eigenvalue weighted by molar-refractivity contribution is -0.142. The zero-order chi connectivity index (χ0) is 13.8. The summed E-state index contributed by atoms with van der Waals surface area (Å²) in [4.78, 5) is 14.2. The maximum Gasteiger partial charge on any atom is 0.236 e. The van der Waals surface area contributed by atoms with Gasteiger partial charge in [0.15, 0.2) is 5.84 Å². The Balaban J connectivity index is 2.95. The maximum absolute atomic E-state index is 12.6. The predicted molar refractivity (Wildman–Crippen MR) is 68.2 cm³/mol. The molecule has 2 unspecified atom stereocenters. The van der Waals surface area contributed by atoms with Crippen molar-refractivity contribution in [3.8, 4) is 0 Å². The molecule has 0 radical (unpaired) electrons. The van der Waals surface area contributed by atoms with Crippen molar-refractivity contribution in [2.75, 3.05) is 13.2 Å². The highest BCUT2D eigenvalue weighted by atomic mass is 16.4. The van der Waals surface area contributed by atoms with Crippen molar-refractivity contribution in [1.82, 2.24) is 4.90 Å². The topological polar surface area (TPSA) is 99.2 Å². The number of nitrogens with two attached hydrogens (primary N) is 1. The number of hydrogen-bond donors (Lipinski definition) is 3. The molecule has 2 atom stereocenters. The summed E-state index contributed by atoms with van der Waals surface area (Å²) in [5.74, 6) is -0.240. The fourth-order valence-electron chi connectivity index (χ4n) is 2.33. The molecule has 1 amide bonds. The smallest absolute Gasteiger partial charge is 0.236 e. The average Bonchev–Trinajstić information content (AvgIpc) is 2.44. The summed E-state index contributed by atoms with van der Waals surface area (Å²) < 4.78 is 0. The normalized spacial score (nSPS) is 24.7. The molecule has 1 fully saturated rings. The van der Waals surface area contributed by atoms with Gasteiger partial charge in [0.2, 0.25) is 5.91 Å². The summed E-state index contributed by atoms with van der Waals surface area (Å²) in [6.07, 6.45) is 3.20. The van der Waals surface area contributed by atoms with Crippen LogP contribution in [0, 0.1) is 5.41 Å². The third-order valence-electron chi connectivity index (χ3n) is 3.95. The first kappa shape index (κ1) is 14.8. The lowest BCUT2D eigenvalue weighted by atomic mass is 9.83. The largest absolute Gasteiger partial charge is 0.409 e. The second-order valence-electron chi connectivity index (χ2n) is 5.00. The highest BCUT2D eigenvalue weighted by Crippen LogP contribution is 2.28. The van der Waals surface area contributed by atoms with Gasteiger partial charge in [-0.3, -0.25) is 4.79 Å². The van der Waals surface area contributed by atoms with Crippen molar-refractivity contribution in [3.63, 3.8) is 0 Å². The van der Waals surface area contributed by atoms with Gasteiger partial charge < -0.3 is 20.9 Å². The molecule has 6 heteroatoms. The fraction of sp³-hybridized carbons (Fsp3) is 0.833. The molecule has 1 rings (SSSR count). The molecule has 0 aromatic carbocycles. The summed E-state index contributed by atoms with van der Waals surface area (Å²) in [6, 6.07) is -0.149. The van der Waals surface area contributed by atoms with E-state index in [0.29, 0.717) is 13.0 Å². The molecule has 0 aromatic heterocycles. The second kappa shape index (κ2) is 6.04. The predicted octanol–water partition coefficient (Wildman–Crippen LogP) is 0.523. The quantitative estimate of drug-likeness (QED) is 0.296. The Labute approximate surface area is 107 Å². The van der Waals surface area contributed by atoms with Gasteiger partial charge in [0, 0.05) is 6.54 Å². The van der Waals surface area contributed by atoms with E-state index in [9.17, 15) is 9.90 Å². The van der Waals surface area contributed by atoms with Crippen LogP contribution in [0.1, 0.15) is 39.5 Å². The first-order valence-corrected chi connectivity index (χ1v) is 6.41. The number of likely N-dealkylation sites (tertiary alicyclic amines) is 1. The van der Waals surface area contributed by atoms with E-state index < -0.39 is 5.41 Å². The van der Waals surface area contributed by atoms with Crippen molar-refractivity contribution >= 4 is 11.7 Å². The number of aliphatic hydroxyl groups excluding tert-OH is 1. The van der Waals surface area contributed by atoms with Gasteiger partial charge in [-0.2, -0.15) is 0 Å². The molecule has 1 aliphatic rings. The van der Waals surface area contributed by atoms with Crippen molar-refractivity contribution < 1.29 is 15.1 Å². The second-order valence-corrected chi connectivity index (χ2v) is 5.00. The number of amides is 1. The monoisotopic (exact) mass is 257 g/mol. The summed E-state index contributed by atoms with van der Waals surface area (Å²) >= 11 is 0. The van der Waals surface area contributed by atoms with E-state index in [1.54, 1.807) is 11.8 Å². The van der Waals surface area contributed by atoms with Crippen LogP contribution in [0.5, 0.6) is 0 Å². The molecule has 4 N–H and O–H groups in total. The third-order valence-corrected chi connectivity index (χ3v) is 3.95. The molecule has 1 aliphatic heterocycles. The molecule has 104 valence electrons. The van der Waals surface area contributed by atoms with E-state index in [2.05, 4.69) is 5.16 Å². The Bertz CT molecular complexity index is 333. The summed E-state index contributed by atoms with van der Waals surface area (Å²) in [5, 5.41) is 21.1. The number of carbonyl (C=O) groups is 1. The number of carbonyl (C=O) groups excluding carboxylic acids is 1. The number of rotatable bonds is 4. The number of oxime groups is 1. The van der Waals surface area contributed by atoms with Crippen molar-refractivity contribution in [1.29, 1.82) is 0 Å². The number of amidine groups is 1. The van der Waals surface area contributed by atoms with Crippen LogP contribution in [0.3, 0.4) is 0 Å². The minimum Gasteiger partial charge on any atom is -0.409 e. The van der Waals surface area contributed by atoms with Crippen LogP contribution < -0.4 is 5.73 Å². The van der Waals surface area contributed by atoms with E-state index in [-0.39, 0.29) is 24.4 Å². The van der Waals surface area contributed by atoms with Crippen LogP contribution in [-0.4, -0.2) is 46.1 Å². The fourth-order valence-corrected chi connectivity index (χ4v) is 2.33. The van der Waals surface area contributed by atoms with E-state index in [4.69, 9.17) is 10.9 Å². The highest BCUT2D eigenvalue weighted by Gasteiger charge is 2.42. The van der Waals surface area contributed by atoms with Gasteiger partial charge in [0.25, 0.3) is 0 Å². The average molecular weight is 257 g/mol. The number of nitrogens with zero attached hydrogens (tertiary/aromatic N) is 2. The molecule has 0 saturated carbocycles. The van der Waals surface area contributed by atoms with Crippen molar-refractivity contribution in [2.45, 2.75) is 45.6 Å². The van der Waals surface area contributed by atoms with Crippen LogP contribution >= 0.6 is 0 Å². The Morgan fingerprint density at radius 1 is 1.56 bits per heavy atom. The minimum absolute atomic E-state index is 0.0400. The molecular formula is C12H23N3O3.